The predicted molar refractivity (Wildman–Crippen MR) is 107 cm³/mol. The van der Waals surface area contributed by atoms with E-state index in [1.165, 1.54) is 34.9 Å². The first-order chi connectivity index (χ1) is 12.5. The van der Waals surface area contributed by atoms with Gasteiger partial charge in [-0.25, -0.2) is 4.39 Å². The summed E-state index contributed by atoms with van der Waals surface area (Å²) in [4.78, 5) is 23.2. The van der Waals surface area contributed by atoms with Crippen LogP contribution in [0.4, 0.5) is 10.1 Å². The molecule has 0 bridgehead atoms. The molecular weight excluding hydrogens is 393 g/mol. The molecule has 2 heterocycles. The molecule has 0 spiro atoms. The summed E-state index contributed by atoms with van der Waals surface area (Å²) in [7, 11) is 0. The molecule has 0 radical (unpaired) electrons. The highest BCUT2D eigenvalue weighted by atomic mass is 35.5. The number of hydrogen-bond donors (Lipinski definition) is 0. The molecule has 1 aliphatic heterocycles. The monoisotopic (exact) mass is 401 g/mol. The molecule has 0 unspecified atom stereocenters. The largest absolute Gasteiger partial charge is 0.270 e. The number of para-hydroxylation sites is 1. The Morgan fingerprint density at radius 2 is 2.00 bits per heavy atom. The summed E-state index contributed by atoms with van der Waals surface area (Å²) in [5.74, 6) is -0.839. The molecular formula is C18H9ClFN3OS2. The fraction of sp³-hybridized carbons (Fsp3) is 0. The van der Waals surface area contributed by atoms with Crippen molar-refractivity contribution in [2.45, 2.75) is 0 Å². The Balaban J connectivity index is 1.75. The molecule has 4 nitrogen and oxygen atoms in total. The first kappa shape index (κ1) is 17.1. The Kier molecular flexibility index (Phi) is 4.44. The van der Waals surface area contributed by atoms with Crippen molar-refractivity contribution in [3.8, 4) is 0 Å². The molecule has 0 N–H and O–H groups in total. The molecule has 1 saturated heterocycles. The van der Waals surface area contributed by atoms with E-state index in [2.05, 4.69) is 9.97 Å². The van der Waals surface area contributed by atoms with E-state index in [9.17, 15) is 9.18 Å². The molecule has 26 heavy (non-hydrogen) atoms. The standard InChI is InChI=1S/C18H9ClFN3OS2/c19-12-9-11(4-5-13(12)20)23-17(24)15(26-18(23)25)8-10-2-1-3-14-16(10)22-7-6-21-14/h1-9H/b15-8-. The molecule has 128 valence electrons. The van der Waals surface area contributed by atoms with E-state index in [0.29, 0.717) is 20.4 Å². The minimum Gasteiger partial charge on any atom is -0.268 e. The minimum atomic E-state index is -0.550. The lowest BCUT2D eigenvalue weighted by molar-refractivity contribution is -0.113. The van der Waals surface area contributed by atoms with Crippen LogP contribution in [-0.2, 0) is 4.79 Å². The van der Waals surface area contributed by atoms with E-state index in [0.717, 1.165) is 11.1 Å². The van der Waals surface area contributed by atoms with Gasteiger partial charge in [-0.3, -0.25) is 19.7 Å². The van der Waals surface area contributed by atoms with E-state index in [-0.39, 0.29) is 10.9 Å². The zero-order chi connectivity index (χ0) is 18.3. The maximum Gasteiger partial charge on any atom is 0.270 e. The smallest absolute Gasteiger partial charge is 0.268 e. The van der Waals surface area contributed by atoms with Crippen LogP contribution >= 0.6 is 35.6 Å². The lowest BCUT2D eigenvalue weighted by atomic mass is 10.1. The van der Waals surface area contributed by atoms with Crippen molar-refractivity contribution in [2.75, 3.05) is 4.90 Å². The van der Waals surface area contributed by atoms with Gasteiger partial charge in [0.05, 0.1) is 26.6 Å². The number of nitrogens with zero attached hydrogens (tertiary/aromatic N) is 3. The van der Waals surface area contributed by atoms with Gasteiger partial charge in [0.2, 0.25) is 0 Å². The number of hydrogen-bond acceptors (Lipinski definition) is 5. The minimum absolute atomic E-state index is 0.0649. The lowest BCUT2D eigenvalue weighted by Crippen LogP contribution is -2.27. The van der Waals surface area contributed by atoms with Crippen LogP contribution < -0.4 is 4.90 Å². The van der Waals surface area contributed by atoms with Gasteiger partial charge in [0.1, 0.15) is 5.82 Å². The normalized spacial score (nSPS) is 16.1. The van der Waals surface area contributed by atoms with Crippen molar-refractivity contribution >= 4 is 68.6 Å². The first-order valence-corrected chi connectivity index (χ1v) is 9.07. The van der Waals surface area contributed by atoms with E-state index in [4.69, 9.17) is 23.8 Å². The van der Waals surface area contributed by atoms with E-state index in [1.807, 2.05) is 18.2 Å². The summed E-state index contributed by atoms with van der Waals surface area (Å²) in [6.07, 6.45) is 4.96. The Morgan fingerprint density at radius 3 is 2.81 bits per heavy atom. The second kappa shape index (κ2) is 6.75. The molecule has 1 fully saturated rings. The number of anilines is 1. The predicted octanol–water partition coefficient (Wildman–Crippen LogP) is 4.83. The molecule has 0 aliphatic carbocycles. The van der Waals surface area contributed by atoms with Crippen LogP contribution in [0.15, 0.2) is 53.7 Å². The van der Waals surface area contributed by atoms with Gasteiger partial charge < -0.3 is 0 Å². The highest BCUT2D eigenvalue weighted by molar-refractivity contribution is 8.27. The number of carbonyl (C=O) groups excluding carboxylic acids is 1. The van der Waals surface area contributed by atoms with Gasteiger partial charge in [-0.1, -0.05) is 47.7 Å². The maximum atomic E-state index is 13.4. The number of carbonyl (C=O) groups is 1. The third-order valence-corrected chi connectivity index (χ3v) is 5.36. The zero-order valence-electron chi connectivity index (χ0n) is 13.0. The Morgan fingerprint density at radius 1 is 1.19 bits per heavy atom. The van der Waals surface area contributed by atoms with E-state index < -0.39 is 5.82 Å². The highest BCUT2D eigenvalue weighted by Crippen LogP contribution is 2.37. The SMILES string of the molecule is O=C1/C(=C/c2cccc3nccnc23)SC(=S)N1c1ccc(F)c(Cl)c1. The van der Waals surface area contributed by atoms with Gasteiger partial charge in [0.15, 0.2) is 4.32 Å². The van der Waals surface area contributed by atoms with Crippen LogP contribution in [0.1, 0.15) is 5.56 Å². The molecule has 1 aliphatic rings. The molecule has 8 heteroatoms. The summed E-state index contributed by atoms with van der Waals surface area (Å²) in [5, 5.41) is -0.0649. The number of aromatic nitrogens is 2. The van der Waals surface area contributed by atoms with Gasteiger partial charge >= 0.3 is 0 Å². The van der Waals surface area contributed by atoms with Crippen LogP contribution in [0.25, 0.3) is 17.1 Å². The lowest BCUT2D eigenvalue weighted by Gasteiger charge is -2.14. The number of thioether (sulfide) groups is 1. The Hall–Kier alpha value is -2.35. The summed E-state index contributed by atoms with van der Waals surface area (Å²) in [6.45, 7) is 0. The molecule has 2 aromatic carbocycles. The summed E-state index contributed by atoms with van der Waals surface area (Å²) < 4.78 is 13.8. The van der Waals surface area contributed by atoms with Crippen LogP contribution in [0.3, 0.4) is 0 Å². The fourth-order valence-electron chi connectivity index (χ4n) is 2.59. The maximum absolute atomic E-state index is 13.4. The van der Waals surface area contributed by atoms with Crippen molar-refractivity contribution in [3.05, 3.63) is 70.1 Å². The van der Waals surface area contributed by atoms with Crippen molar-refractivity contribution in [1.29, 1.82) is 0 Å². The molecule has 3 aromatic rings. The number of amides is 1. The number of thiocarbonyl (C=S) groups is 1. The van der Waals surface area contributed by atoms with Crippen LogP contribution in [-0.4, -0.2) is 20.2 Å². The molecule has 1 amide bonds. The number of benzene rings is 2. The zero-order valence-corrected chi connectivity index (χ0v) is 15.4. The highest BCUT2D eigenvalue weighted by Gasteiger charge is 2.33. The van der Waals surface area contributed by atoms with Gasteiger partial charge in [0.25, 0.3) is 5.91 Å². The summed E-state index contributed by atoms with van der Waals surface area (Å²) >= 11 is 12.3. The van der Waals surface area contributed by atoms with Crippen LogP contribution in [0, 0.1) is 5.82 Å². The number of rotatable bonds is 2. The Labute approximate surface area is 162 Å². The first-order valence-electron chi connectivity index (χ1n) is 7.47. The topological polar surface area (TPSA) is 46.1 Å². The van der Waals surface area contributed by atoms with Gasteiger partial charge in [0, 0.05) is 18.0 Å². The van der Waals surface area contributed by atoms with E-state index in [1.54, 1.807) is 18.5 Å². The van der Waals surface area contributed by atoms with Crippen molar-refractivity contribution in [1.82, 2.24) is 9.97 Å². The Bertz CT molecular complexity index is 1100. The average molecular weight is 402 g/mol. The van der Waals surface area contributed by atoms with Gasteiger partial charge in [-0.05, 0) is 30.3 Å². The second-order valence-electron chi connectivity index (χ2n) is 5.39. The summed E-state index contributed by atoms with van der Waals surface area (Å²) in [6, 6.07) is 9.62. The van der Waals surface area contributed by atoms with Crippen molar-refractivity contribution < 1.29 is 9.18 Å². The quantitative estimate of drug-likeness (QED) is 0.454. The van der Waals surface area contributed by atoms with Crippen molar-refractivity contribution in [3.63, 3.8) is 0 Å². The molecule has 0 atom stereocenters. The van der Waals surface area contributed by atoms with Crippen molar-refractivity contribution in [2.24, 2.45) is 0 Å². The van der Waals surface area contributed by atoms with Gasteiger partial charge in [-0.15, -0.1) is 0 Å². The molecule has 0 saturated carbocycles. The average Bonchev–Trinajstić information content (AvgIpc) is 2.91. The van der Waals surface area contributed by atoms with E-state index >= 15 is 0 Å². The fourth-order valence-corrected chi connectivity index (χ4v) is 4.05. The number of fused-ring (bicyclic) bond motifs is 1. The second-order valence-corrected chi connectivity index (χ2v) is 7.47. The third-order valence-electron chi connectivity index (χ3n) is 3.77. The number of halogens is 2. The molecule has 4 rings (SSSR count). The van der Waals surface area contributed by atoms with Crippen LogP contribution in [0.5, 0.6) is 0 Å². The van der Waals surface area contributed by atoms with Gasteiger partial charge in [-0.2, -0.15) is 0 Å². The third kappa shape index (κ3) is 2.98. The summed E-state index contributed by atoms with van der Waals surface area (Å²) in [5.41, 5.74) is 2.64. The molecule has 1 aromatic heterocycles. The van der Waals surface area contributed by atoms with Crippen LogP contribution in [0.2, 0.25) is 5.02 Å².